The summed E-state index contributed by atoms with van der Waals surface area (Å²) in [4.78, 5) is 0. The quantitative estimate of drug-likeness (QED) is 0.837. The highest BCUT2D eigenvalue weighted by Gasteiger charge is 2.26. The van der Waals surface area contributed by atoms with Gasteiger partial charge in [-0.15, -0.1) is 0 Å². The van der Waals surface area contributed by atoms with Gasteiger partial charge in [0.25, 0.3) is 0 Å². The monoisotopic (exact) mass is 277 g/mol. The van der Waals surface area contributed by atoms with Crippen LogP contribution in [-0.2, 0) is 0 Å². The largest absolute Gasteiger partial charge is 0.490 e. The number of alkyl halides is 3. The Hall–Kier alpha value is -1.27. The lowest BCUT2D eigenvalue weighted by atomic mass is 10.1. The zero-order valence-corrected chi connectivity index (χ0v) is 10.9. The summed E-state index contributed by atoms with van der Waals surface area (Å²) in [6.07, 6.45) is -5.26. The first-order chi connectivity index (χ1) is 8.79. The molecule has 2 N–H and O–H groups in total. The number of para-hydroxylation sites is 1. The van der Waals surface area contributed by atoms with Gasteiger partial charge < -0.3 is 15.2 Å². The molecule has 1 aromatic rings. The van der Waals surface area contributed by atoms with Crippen LogP contribution in [0.15, 0.2) is 18.2 Å². The molecule has 0 spiro atoms. The van der Waals surface area contributed by atoms with Crippen LogP contribution in [0.4, 0.5) is 13.2 Å². The van der Waals surface area contributed by atoms with E-state index in [2.05, 4.69) is 5.32 Å². The average molecular weight is 277 g/mol. The highest BCUT2D eigenvalue weighted by atomic mass is 19.4. The van der Waals surface area contributed by atoms with Crippen LogP contribution >= 0.6 is 0 Å². The Morgan fingerprint density at radius 3 is 2.37 bits per heavy atom. The summed E-state index contributed by atoms with van der Waals surface area (Å²) in [5.74, 6) is 0.664. The van der Waals surface area contributed by atoms with Crippen LogP contribution in [-0.4, -0.2) is 37.1 Å². The van der Waals surface area contributed by atoms with Gasteiger partial charge in [0.1, 0.15) is 18.5 Å². The molecule has 108 valence electrons. The minimum Gasteiger partial charge on any atom is -0.490 e. The van der Waals surface area contributed by atoms with Crippen LogP contribution in [0.25, 0.3) is 0 Å². The van der Waals surface area contributed by atoms with Crippen molar-refractivity contribution < 1.29 is 23.0 Å². The predicted molar refractivity (Wildman–Crippen MR) is 66.3 cm³/mol. The van der Waals surface area contributed by atoms with Crippen LogP contribution in [0.5, 0.6) is 5.75 Å². The first kappa shape index (κ1) is 15.8. The number of halogens is 3. The third-order valence-electron chi connectivity index (χ3n) is 2.53. The number of aliphatic hydroxyl groups excluding tert-OH is 1. The molecule has 6 heteroatoms. The van der Waals surface area contributed by atoms with Gasteiger partial charge in [-0.25, -0.2) is 0 Å². The lowest BCUT2D eigenvalue weighted by molar-refractivity contribution is -0.125. The van der Waals surface area contributed by atoms with Crippen LogP contribution < -0.4 is 10.1 Å². The lowest BCUT2D eigenvalue weighted by Crippen LogP contribution is -2.37. The van der Waals surface area contributed by atoms with Crippen LogP contribution in [0.3, 0.4) is 0 Å². The highest BCUT2D eigenvalue weighted by molar-refractivity contribution is 5.39. The fourth-order valence-electron chi connectivity index (χ4n) is 1.65. The van der Waals surface area contributed by atoms with Gasteiger partial charge in [0.05, 0.1) is 6.54 Å². The van der Waals surface area contributed by atoms with E-state index < -0.39 is 18.8 Å². The van der Waals surface area contributed by atoms with Crippen molar-refractivity contribution in [3.63, 3.8) is 0 Å². The van der Waals surface area contributed by atoms with E-state index in [-0.39, 0.29) is 13.2 Å². The Labute approximate surface area is 110 Å². The molecule has 1 rings (SSSR count). The molecule has 0 bridgehead atoms. The van der Waals surface area contributed by atoms with E-state index in [1.54, 1.807) is 0 Å². The van der Waals surface area contributed by atoms with Crippen molar-refractivity contribution in [1.29, 1.82) is 0 Å². The molecule has 0 aliphatic rings. The van der Waals surface area contributed by atoms with E-state index in [4.69, 9.17) is 4.74 Å². The summed E-state index contributed by atoms with van der Waals surface area (Å²) in [6, 6.07) is 5.63. The summed E-state index contributed by atoms with van der Waals surface area (Å²) in [5.41, 5.74) is 1.85. The maximum atomic E-state index is 11.9. The smallest absolute Gasteiger partial charge is 0.401 e. The van der Waals surface area contributed by atoms with Crippen LogP contribution in [0, 0.1) is 13.8 Å². The van der Waals surface area contributed by atoms with E-state index in [1.165, 1.54) is 0 Å². The van der Waals surface area contributed by atoms with Gasteiger partial charge in [-0.1, -0.05) is 18.2 Å². The Bertz CT molecular complexity index is 387. The normalized spacial score (nSPS) is 13.4. The predicted octanol–water partition coefficient (Wildman–Crippen LogP) is 2.20. The Morgan fingerprint density at radius 1 is 1.26 bits per heavy atom. The van der Waals surface area contributed by atoms with Gasteiger partial charge in [-0.2, -0.15) is 13.2 Å². The molecule has 1 unspecified atom stereocenters. The topological polar surface area (TPSA) is 41.5 Å². The molecule has 0 saturated carbocycles. The number of hydrogen-bond acceptors (Lipinski definition) is 3. The maximum absolute atomic E-state index is 11.9. The molecule has 0 aromatic heterocycles. The molecular weight excluding hydrogens is 259 g/mol. The minimum absolute atomic E-state index is 0.0451. The molecule has 19 heavy (non-hydrogen) atoms. The number of aliphatic hydroxyl groups is 1. The molecule has 0 fully saturated rings. The molecule has 0 heterocycles. The first-order valence-electron chi connectivity index (χ1n) is 5.94. The zero-order chi connectivity index (χ0) is 14.5. The van der Waals surface area contributed by atoms with E-state index in [1.807, 2.05) is 32.0 Å². The van der Waals surface area contributed by atoms with Gasteiger partial charge in [-0.05, 0) is 25.0 Å². The zero-order valence-electron chi connectivity index (χ0n) is 10.9. The maximum Gasteiger partial charge on any atom is 0.401 e. The number of rotatable bonds is 6. The number of ether oxygens (including phenoxy) is 1. The molecule has 1 aromatic carbocycles. The molecule has 0 radical (unpaired) electrons. The summed E-state index contributed by atoms with van der Waals surface area (Å²) in [7, 11) is 0. The fraction of sp³-hybridized carbons (Fsp3) is 0.538. The molecule has 0 aliphatic carbocycles. The summed E-state index contributed by atoms with van der Waals surface area (Å²) >= 11 is 0. The molecule has 1 atom stereocenters. The summed E-state index contributed by atoms with van der Waals surface area (Å²) in [5, 5.41) is 11.7. The van der Waals surface area contributed by atoms with Gasteiger partial charge in [0.15, 0.2) is 0 Å². The third kappa shape index (κ3) is 5.94. The second-order valence-electron chi connectivity index (χ2n) is 4.43. The van der Waals surface area contributed by atoms with E-state index in [0.717, 1.165) is 11.1 Å². The van der Waals surface area contributed by atoms with Crippen molar-refractivity contribution in [3.8, 4) is 5.75 Å². The Morgan fingerprint density at radius 2 is 1.84 bits per heavy atom. The standard InChI is InChI=1S/C13H18F3NO2/c1-9-4-3-5-10(2)12(9)19-7-11(18)6-17-8-13(14,15)16/h3-5,11,17-18H,6-8H2,1-2H3. The van der Waals surface area contributed by atoms with Crippen molar-refractivity contribution in [2.75, 3.05) is 19.7 Å². The lowest BCUT2D eigenvalue weighted by Gasteiger charge is -2.16. The van der Waals surface area contributed by atoms with E-state index in [9.17, 15) is 18.3 Å². The van der Waals surface area contributed by atoms with Crippen molar-refractivity contribution in [3.05, 3.63) is 29.3 Å². The van der Waals surface area contributed by atoms with Gasteiger partial charge >= 0.3 is 6.18 Å². The summed E-state index contributed by atoms with van der Waals surface area (Å²) in [6.45, 7) is 2.42. The average Bonchev–Trinajstić information content (AvgIpc) is 2.26. The van der Waals surface area contributed by atoms with Crippen molar-refractivity contribution >= 4 is 0 Å². The number of benzene rings is 1. The number of hydrogen-bond donors (Lipinski definition) is 2. The summed E-state index contributed by atoms with van der Waals surface area (Å²) < 4.78 is 41.1. The van der Waals surface area contributed by atoms with Gasteiger partial charge in [0.2, 0.25) is 0 Å². The van der Waals surface area contributed by atoms with Crippen molar-refractivity contribution in [1.82, 2.24) is 5.32 Å². The minimum atomic E-state index is -4.27. The third-order valence-corrected chi connectivity index (χ3v) is 2.53. The SMILES string of the molecule is Cc1cccc(C)c1OCC(O)CNCC(F)(F)F. The van der Waals surface area contributed by atoms with E-state index in [0.29, 0.717) is 5.75 Å². The number of nitrogens with one attached hydrogen (secondary N) is 1. The van der Waals surface area contributed by atoms with E-state index >= 15 is 0 Å². The van der Waals surface area contributed by atoms with Crippen molar-refractivity contribution in [2.24, 2.45) is 0 Å². The Kier molecular flexibility index (Phi) is 5.62. The molecule has 3 nitrogen and oxygen atoms in total. The Balaban J connectivity index is 2.36. The molecule has 0 aliphatic heterocycles. The van der Waals surface area contributed by atoms with Crippen LogP contribution in [0.1, 0.15) is 11.1 Å². The second-order valence-corrected chi connectivity index (χ2v) is 4.43. The molecule has 0 saturated heterocycles. The first-order valence-corrected chi connectivity index (χ1v) is 5.94. The van der Waals surface area contributed by atoms with Crippen LogP contribution in [0.2, 0.25) is 0 Å². The molecular formula is C13H18F3NO2. The highest BCUT2D eigenvalue weighted by Crippen LogP contribution is 2.22. The molecule has 0 amide bonds. The van der Waals surface area contributed by atoms with Crippen molar-refractivity contribution in [2.45, 2.75) is 26.1 Å². The second kappa shape index (κ2) is 6.77. The fourth-order valence-corrected chi connectivity index (χ4v) is 1.65. The van der Waals surface area contributed by atoms with Gasteiger partial charge in [-0.3, -0.25) is 0 Å². The number of aryl methyl sites for hydroxylation is 2. The van der Waals surface area contributed by atoms with Gasteiger partial charge in [0, 0.05) is 6.54 Å².